The van der Waals surface area contributed by atoms with E-state index in [4.69, 9.17) is 0 Å². The first-order chi connectivity index (χ1) is 26.6. The molecule has 0 unspecified atom stereocenters. The summed E-state index contributed by atoms with van der Waals surface area (Å²) in [5, 5.41) is 10.1. The van der Waals surface area contributed by atoms with Crippen molar-refractivity contribution < 1.29 is 0 Å². The van der Waals surface area contributed by atoms with Gasteiger partial charge < -0.3 is 0 Å². The molecule has 0 saturated carbocycles. The second-order valence-electron chi connectivity index (χ2n) is 13.9. The zero-order valence-corrected chi connectivity index (χ0v) is 30.8. The van der Waals surface area contributed by atoms with Gasteiger partial charge in [0.2, 0.25) is 0 Å². The molecule has 0 atom stereocenters. The van der Waals surface area contributed by atoms with Gasteiger partial charge in [0.15, 0.2) is 0 Å². The van der Waals surface area contributed by atoms with Crippen molar-refractivity contribution in [3.63, 3.8) is 0 Å². The van der Waals surface area contributed by atoms with E-state index >= 15 is 0 Å². The normalized spacial score (nSPS) is 11.4. The average Bonchev–Trinajstić information content (AvgIpc) is 3.23. The highest BCUT2D eigenvalue weighted by atomic mass is 14.2. The third-order valence-electron chi connectivity index (χ3n) is 10.1. The largest absolute Gasteiger partial charge is 0.0961 e. The number of hydrogen-bond acceptors (Lipinski definition) is 0. The highest BCUT2D eigenvalue weighted by molar-refractivity contribution is 6.21. The third kappa shape index (κ3) is 7.03. The summed E-state index contributed by atoms with van der Waals surface area (Å²) in [7, 11) is 0. The lowest BCUT2D eigenvalue weighted by atomic mass is 9.85. The number of rotatable bonds is 6. The van der Waals surface area contributed by atoms with E-state index in [0.29, 0.717) is 0 Å². The quantitative estimate of drug-likeness (QED) is 0.120. The second kappa shape index (κ2) is 15.5. The molecular formula is C54H42. The number of fused-ring (bicyclic) bond motifs is 4. The first-order valence-electron chi connectivity index (χ1n) is 18.6. The summed E-state index contributed by atoms with van der Waals surface area (Å²) in [6.45, 7) is 7.67. The molecule has 0 heterocycles. The van der Waals surface area contributed by atoms with Crippen LogP contribution in [0, 0.1) is 0 Å². The predicted octanol–water partition coefficient (Wildman–Crippen LogP) is 15.7. The Balaban J connectivity index is 0.000000468. The van der Waals surface area contributed by atoms with Gasteiger partial charge in [-0.1, -0.05) is 194 Å². The Bertz CT molecular complexity index is 2790. The van der Waals surface area contributed by atoms with Gasteiger partial charge in [-0.05, 0) is 126 Å². The lowest BCUT2D eigenvalue weighted by molar-refractivity contribution is 1.56. The Kier molecular flexibility index (Phi) is 9.83. The maximum absolute atomic E-state index is 3.71. The maximum Gasteiger partial charge on any atom is -0.00262 e. The zero-order chi connectivity index (χ0) is 36.9. The summed E-state index contributed by atoms with van der Waals surface area (Å²) in [5.41, 5.74) is 11.1. The van der Waals surface area contributed by atoms with Gasteiger partial charge in [-0.25, -0.2) is 0 Å². The molecule has 54 heavy (non-hydrogen) atoms. The smallest absolute Gasteiger partial charge is 0.00262 e. The monoisotopic (exact) mass is 690 g/mol. The molecule has 0 spiro atoms. The standard InChI is InChI=1S/C46H30.C8H12/c1-2-11-31(12-3-1)35-22-23-38-28-36(24-25-37(38)27-35)34-15-10-16-39(30-34)45-41-17-6-8-19-43(41)46(44-20-9-7-18-42(44)45)40-26-21-32-13-4-5-14-33(32)29-40;1-4-5-6-7-8(2)3/h1-30H;4-7H,2H2,1,3H3/b;5-4-,7-6-. The predicted molar refractivity (Wildman–Crippen MR) is 237 cm³/mol. The Labute approximate surface area is 318 Å². The third-order valence-corrected chi connectivity index (χ3v) is 10.1. The van der Waals surface area contributed by atoms with Crippen LogP contribution in [0.2, 0.25) is 0 Å². The molecule has 0 aliphatic heterocycles. The first kappa shape index (κ1) is 34.3. The molecule has 0 fully saturated rings. The summed E-state index contributed by atoms with van der Waals surface area (Å²) in [4.78, 5) is 0. The summed E-state index contributed by atoms with van der Waals surface area (Å²) in [5.74, 6) is 0. The van der Waals surface area contributed by atoms with Crippen molar-refractivity contribution in [3.8, 4) is 44.5 Å². The molecule has 258 valence electrons. The van der Waals surface area contributed by atoms with Crippen molar-refractivity contribution in [2.75, 3.05) is 0 Å². The fourth-order valence-electron chi connectivity index (χ4n) is 7.52. The molecule has 0 bridgehead atoms. The van der Waals surface area contributed by atoms with Gasteiger partial charge >= 0.3 is 0 Å². The Hall–Kier alpha value is -6.76. The topological polar surface area (TPSA) is 0 Å². The minimum Gasteiger partial charge on any atom is -0.0961 e. The molecule has 0 aromatic heterocycles. The maximum atomic E-state index is 3.71. The van der Waals surface area contributed by atoms with Crippen LogP contribution in [-0.4, -0.2) is 0 Å². The summed E-state index contributed by atoms with van der Waals surface area (Å²) in [6, 6.07) is 66.6. The van der Waals surface area contributed by atoms with E-state index in [-0.39, 0.29) is 0 Å². The lowest BCUT2D eigenvalue weighted by Crippen LogP contribution is -1.91. The highest BCUT2D eigenvalue weighted by Crippen LogP contribution is 2.44. The van der Waals surface area contributed by atoms with Gasteiger partial charge in [-0.15, -0.1) is 0 Å². The summed E-state index contributed by atoms with van der Waals surface area (Å²) >= 11 is 0. The van der Waals surface area contributed by atoms with Crippen molar-refractivity contribution in [1.82, 2.24) is 0 Å². The first-order valence-corrected chi connectivity index (χ1v) is 18.6. The SMILES string of the molecule is C=C(C)/C=C\C=C/C.c1ccc(-c2ccc3cc(-c4cccc(-c5c6ccccc6c(-c6ccc7ccccc7c6)c6ccccc56)c4)ccc3c2)cc1. The molecule has 9 aromatic rings. The van der Waals surface area contributed by atoms with E-state index < -0.39 is 0 Å². The van der Waals surface area contributed by atoms with Crippen LogP contribution in [0.1, 0.15) is 13.8 Å². The number of benzene rings is 9. The van der Waals surface area contributed by atoms with Crippen molar-refractivity contribution in [1.29, 1.82) is 0 Å². The van der Waals surface area contributed by atoms with Crippen LogP contribution in [0.3, 0.4) is 0 Å². The van der Waals surface area contributed by atoms with Crippen LogP contribution in [0.5, 0.6) is 0 Å². The molecule has 0 N–H and O–H groups in total. The minimum atomic E-state index is 1.09. The van der Waals surface area contributed by atoms with Gasteiger partial charge in [0.1, 0.15) is 0 Å². The molecule has 0 aliphatic carbocycles. The molecule has 0 amide bonds. The molecule has 0 radical (unpaired) electrons. The fraction of sp³-hybridized carbons (Fsp3) is 0.0370. The van der Waals surface area contributed by atoms with Crippen molar-refractivity contribution in [3.05, 3.63) is 218 Å². The van der Waals surface area contributed by atoms with Crippen LogP contribution in [0.4, 0.5) is 0 Å². The average molecular weight is 691 g/mol. The van der Waals surface area contributed by atoms with Gasteiger partial charge in [0, 0.05) is 0 Å². The van der Waals surface area contributed by atoms with E-state index in [1.807, 2.05) is 38.2 Å². The Morgan fingerprint density at radius 1 is 0.370 bits per heavy atom. The molecular weight excluding hydrogens is 649 g/mol. The molecule has 0 nitrogen and oxygen atoms in total. The van der Waals surface area contributed by atoms with Gasteiger partial charge in [0.25, 0.3) is 0 Å². The van der Waals surface area contributed by atoms with Crippen LogP contribution >= 0.6 is 0 Å². The molecule has 0 heteroatoms. The minimum absolute atomic E-state index is 1.09. The van der Waals surface area contributed by atoms with Gasteiger partial charge in [0.05, 0.1) is 0 Å². The van der Waals surface area contributed by atoms with Crippen molar-refractivity contribution in [2.45, 2.75) is 13.8 Å². The molecule has 0 aliphatic rings. The highest BCUT2D eigenvalue weighted by Gasteiger charge is 2.17. The van der Waals surface area contributed by atoms with Crippen molar-refractivity contribution >= 4 is 43.1 Å². The van der Waals surface area contributed by atoms with Crippen LogP contribution < -0.4 is 0 Å². The van der Waals surface area contributed by atoms with Crippen LogP contribution in [-0.2, 0) is 0 Å². The Morgan fingerprint density at radius 3 is 1.37 bits per heavy atom. The second-order valence-corrected chi connectivity index (χ2v) is 13.9. The Morgan fingerprint density at radius 2 is 0.778 bits per heavy atom. The summed E-state index contributed by atoms with van der Waals surface area (Å²) < 4.78 is 0. The zero-order valence-electron chi connectivity index (χ0n) is 30.8. The lowest BCUT2D eigenvalue weighted by Gasteiger charge is -2.18. The van der Waals surface area contributed by atoms with Gasteiger partial charge in [-0.2, -0.15) is 0 Å². The van der Waals surface area contributed by atoms with E-state index in [2.05, 4.69) is 189 Å². The fourth-order valence-corrected chi connectivity index (χ4v) is 7.52. The van der Waals surface area contributed by atoms with E-state index in [1.165, 1.54) is 87.6 Å². The van der Waals surface area contributed by atoms with Crippen molar-refractivity contribution in [2.24, 2.45) is 0 Å². The molecule has 0 saturated heterocycles. The van der Waals surface area contributed by atoms with Gasteiger partial charge in [-0.3, -0.25) is 0 Å². The molecule has 9 aromatic carbocycles. The number of allylic oxidation sites excluding steroid dienone is 5. The summed E-state index contributed by atoms with van der Waals surface area (Å²) in [6.07, 6.45) is 7.91. The van der Waals surface area contributed by atoms with E-state index in [9.17, 15) is 0 Å². The number of hydrogen-bond donors (Lipinski definition) is 0. The van der Waals surface area contributed by atoms with Crippen LogP contribution in [0.15, 0.2) is 218 Å². The van der Waals surface area contributed by atoms with E-state index in [0.717, 1.165) is 5.57 Å². The molecule has 9 rings (SSSR count). The van der Waals surface area contributed by atoms with E-state index in [1.54, 1.807) is 0 Å². The van der Waals surface area contributed by atoms with Crippen LogP contribution in [0.25, 0.3) is 87.6 Å².